The first kappa shape index (κ1) is 18.1. The molecule has 0 radical (unpaired) electrons. The lowest BCUT2D eigenvalue weighted by Gasteiger charge is -2.09. The van der Waals surface area contributed by atoms with E-state index < -0.39 is 0 Å². The number of rotatable bonds is 5. The minimum Gasteiger partial charge on any atom is -0.339 e. The van der Waals surface area contributed by atoms with E-state index in [9.17, 15) is 4.79 Å². The highest BCUT2D eigenvalue weighted by Gasteiger charge is 2.09. The van der Waals surface area contributed by atoms with Crippen LogP contribution >= 0.6 is 0 Å². The fourth-order valence-corrected chi connectivity index (χ4v) is 2.47. The second-order valence-electron chi connectivity index (χ2n) is 6.34. The van der Waals surface area contributed by atoms with Gasteiger partial charge in [-0.1, -0.05) is 32.0 Å². The summed E-state index contributed by atoms with van der Waals surface area (Å²) in [6, 6.07) is 16.8. The zero-order valence-electron chi connectivity index (χ0n) is 15.1. The maximum atomic E-state index is 12.3. The highest BCUT2D eigenvalue weighted by molar-refractivity contribution is 6.02. The van der Waals surface area contributed by atoms with Gasteiger partial charge in [-0.3, -0.25) is 4.79 Å². The molecular formula is C21H19N5O. The van der Waals surface area contributed by atoms with Gasteiger partial charge in [0.05, 0.1) is 24.0 Å². The van der Waals surface area contributed by atoms with E-state index in [2.05, 4.69) is 46.6 Å². The van der Waals surface area contributed by atoms with Crippen molar-refractivity contribution in [2.75, 3.05) is 10.6 Å². The summed E-state index contributed by atoms with van der Waals surface area (Å²) in [6.07, 6.45) is 2.92. The van der Waals surface area contributed by atoms with Gasteiger partial charge in [-0.05, 0) is 41.8 Å². The van der Waals surface area contributed by atoms with Crippen LogP contribution < -0.4 is 10.6 Å². The standard InChI is InChI=1S/C21H19N5O/c1-14(2)16-6-8-17(9-7-16)25-20-13-23-19(12-24-20)21(27)26-18-5-3-4-15(10-18)11-22/h3-10,12-14H,1-2H3,(H,24,25)(H,26,27). The fourth-order valence-electron chi connectivity index (χ4n) is 2.47. The van der Waals surface area contributed by atoms with Gasteiger partial charge in [-0.2, -0.15) is 5.26 Å². The van der Waals surface area contributed by atoms with Gasteiger partial charge in [0, 0.05) is 11.4 Å². The summed E-state index contributed by atoms with van der Waals surface area (Å²) in [6.45, 7) is 4.29. The topological polar surface area (TPSA) is 90.7 Å². The number of hydrogen-bond acceptors (Lipinski definition) is 5. The summed E-state index contributed by atoms with van der Waals surface area (Å²) >= 11 is 0. The smallest absolute Gasteiger partial charge is 0.275 e. The Balaban J connectivity index is 1.65. The first-order chi connectivity index (χ1) is 13.0. The molecule has 27 heavy (non-hydrogen) atoms. The lowest BCUT2D eigenvalue weighted by Crippen LogP contribution is -2.14. The number of carbonyl (C=O) groups excluding carboxylic acids is 1. The van der Waals surface area contributed by atoms with Gasteiger partial charge >= 0.3 is 0 Å². The molecule has 1 heterocycles. The summed E-state index contributed by atoms with van der Waals surface area (Å²) in [7, 11) is 0. The van der Waals surface area contributed by atoms with Crippen LogP contribution in [0.2, 0.25) is 0 Å². The molecule has 0 unspecified atom stereocenters. The molecular weight excluding hydrogens is 338 g/mol. The largest absolute Gasteiger partial charge is 0.339 e. The Morgan fingerprint density at radius 3 is 2.44 bits per heavy atom. The summed E-state index contributed by atoms with van der Waals surface area (Å²) in [4.78, 5) is 20.7. The van der Waals surface area contributed by atoms with E-state index in [0.717, 1.165) is 5.69 Å². The van der Waals surface area contributed by atoms with Crippen LogP contribution in [0.15, 0.2) is 60.9 Å². The van der Waals surface area contributed by atoms with Crippen molar-refractivity contribution in [2.24, 2.45) is 0 Å². The molecule has 0 aliphatic rings. The number of aromatic nitrogens is 2. The van der Waals surface area contributed by atoms with Crippen LogP contribution in [-0.4, -0.2) is 15.9 Å². The third kappa shape index (κ3) is 4.67. The molecule has 6 heteroatoms. The van der Waals surface area contributed by atoms with Crippen LogP contribution in [0, 0.1) is 11.3 Å². The summed E-state index contributed by atoms with van der Waals surface area (Å²) in [5, 5.41) is 14.8. The second kappa shape index (κ2) is 8.11. The molecule has 0 saturated carbocycles. The van der Waals surface area contributed by atoms with Gasteiger partial charge in [0.25, 0.3) is 5.91 Å². The second-order valence-corrected chi connectivity index (χ2v) is 6.34. The Labute approximate surface area is 157 Å². The molecule has 3 rings (SSSR count). The van der Waals surface area contributed by atoms with Crippen LogP contribution in [0.4, 0.5) is 17.2 Å². The van der Waals surface area contributed by atoms with Gasteiger partial charge in [0.15, 0.2) is 0 Å². The van der Waals surface area contributed by atoms with Crippen molar-refractivity contribution >= 4 is 23.1 Å². The lowest BCUT2D eigenvalue weighted by atomic mass is 10.0. The number of hydrogen-bond donors (Lipinski definition) is 2. The van der Waals surface area contributed by atoms with Gasteiger partial charge in [-0.25, -0.2) is 9.97 Å². The molecule has 0 bridgehead atoms. The lowest BCUT2D eigenvalue weighted by molar-refractivity contribution is 0.102. The molecule has 1 aromatic heterocycles. The minimum absolute atomic E-state index is 0.193. The summed E-state index contributed by atoms with van der Waals surface area (Å²) in [5.41, 5.74) is 3.37. The van der Waals surface area contributed by atoms with E-state index in [4.69, 9.17) is 5.26 Å². The number of benzene rings is 2. The number of anilines is 3. The third-order valence-electron chi connectivity index (χ3n) is 3.98. The molecule has 1 amide bonds. The van der Waals surface area contributed by atoms with Crippen LogP contribution in [0.25, 0.3) is 0 Å². The predicted molar refractivity (Wildman–Crippen MR) is 105 cm³/mol. The van der Waals surface area contributed by atoms with Crippen LogP contribution in [0.3, 0.4) is 0 Å². The number of nitrogens with zero attached hydrogens (tertiary/aromatic N) is 3. The van der Waals surface area contributed by atoms with E-state index in [1.54, 1.807) is 24.3 Å². The highest BCUT2D eigenvalue weighted by atomic mass is 16.1. The van der Waals surface area contributed by atoms with E-state index in [1.807, 2.05) is 18.2 Å². The number of amides is 1. The van der Waals surface area contributed by atoms with Crippen LogP contribution in [0.5, 0.6) is 0 Å². The molecule has 0 aliphatic heterocycles. The molecule has 3 aromatic rings. The Bertz CT molecular complexity index is 973. The number of nitriles is 1. The van der Waals surface area contributed by atoms with E-state index in [-0.39, 0.29) is 11.6 Å². The third-order valence-corrected chi connectivity index (χ3v) is 3.98. The average molecular weight is 357 g/mol. The van der Waals surface area contributed by atoms with Crippen molar-refractivity contribution in [2.45, 2.75) is 19.8 Å². The van der Waals surface area contributed by atoms with E-state index in [0.29, 0.717) is 23.0 Å². The molecule has 0 atom stereocenters. The minimum atomic E-state index is -0.384. The Kier molecular flexibility index (Phi) is 5.43. The van der Waals surface area contributed by atoms with Crippen molar-refractivity contribution in [1.29, 1.82) is 5.26 Å². The van der Waals surface area contributed by atoms with Gasteiger partial charge in [-0.15, -0.1) is 0 Å². The molecule has 6 nitrogen and oxygen atoms in total. The molecule has 2 aromatic carbocycles. The Morgan fingerprint density at radius 2 is 1.81 bits per heavy atom. The molecule has 2 N–H and O–H groups in total. The zero-order chi connectivity index (χ0) is 19.2. The predicted octanol–water partition coefficient (Wildman–Crippen LogP) is 4.47. The van der Waals surface area contributed by atoms with Gasteiger partial charge < -0.3 is 10.6 Å². The molecule has 0 spiro atoms. The zero-order valence-corrected chi connectivity index (χ0v) is 15.1. The highest BCUT2D eigenvalue weighted by Crippen LogP contribution is 2.19. The first-order valence-electron chi connectivity index (χ1n) is 8.55. The Hall–Kier alpha value is -3.72. The molecule has 0 aliphatic carbocycles. The Morgan fingerprint density at radius 1 is 1.04 bits per heavy atom. The van der Waals surface area contributed by atoms with E-state index in [1.165, 1.54) is 18.0 Å². The van der Waals surface area contributed by atoms with Crippen molar-refractivity contribution in [3.8, 4) is 6.07 Å². The van der Waals surface area contributed by atoms with Crippen molar-refractivity contribution in [3.63, 3.8) is 0 Å². The maximum Gasteiger partial charge on any atom is 0.275 e. The quantitative estimate of drug-likeness (QED) is 0.703. The van der Waals surface area contributed by atoms with Crippen LogP contribution in [0.1, 0.15) is 41.4 Å². The SMILES string of the molecule is CC(C)c1ccc(Nc2cnc(C(=O)Nc3cccc(C#N)c3)cn2)cc1. The molecule has 134 valence electrons. The normalized spacial score (nSPS) is 10.3. The van der Waals surface area contributed by atoms with Gasteiger partial charge in [0.1, 0.15) is 11.5 Å². The van der Waals surface area contributed by atoms with Gasteiger partial charge in [0.2, 0.25) is 0 Å². The fraction of sp³-hybridized carbons (Fsp3) is 0.143. The first-order valence-corrected chi connectivity index (χ1v) is 8.55. The monoisotopic (exact) mass is 357 g/mol. The summed E-state index contributed by atoms with van der Waals surface area (Å²) in [5.74, 6) is 0.645. The van der Waals surface area contributed by atoms with Crippen molar-refractivity contribution in [3.05, 3.63) is 77.7 Å². The molecule has 0 saturated heterocycles. The van der Waals surface area contributed by atoms with Crippen LogP contribution in [-0.2, 0) is 0 Å². The van der Waals surface area contributed by atoms with Crippen molar-refractivity contribution < 1.29 is 4.79 Å². The number of carbonyl (C=O) groups is 1. The average Bonchev–Trinajstić information content (AvgIpc) is 2.69. The summed E-state index contributed by atoms with van der Waals surface area (Å²) < 4.78 is 0. The molecule has 0 fully saturated rings. The maximum absolute atomic E-state index is 12.3. The van der Waals surface area contributed by atoms with Crippen molar-refractivity contribution in [1.82, 2.24) is 9.97 Å². The number of nitrogens with one attached hydrogen (secondary N) is 2. The van der Waals surface area contributed by atoms with E-state index >= 15 is 0 Å².